The van der Waals surface area contributed by atoms with E-state index < -0.39 is 5.41 Å². The average molecular weight is 360 g/mol. The molecule has 0 aromatic heterocycles. The van der Waals surface area contributed by atoms with Crippen molar-refractivity contribution in [3.05, 3.63) is 0 Å². The molecule has 2 atom stereocenters. The molecule has 0 amide bonds. The fraction of sp³-hybridized carbons (Fsp3) is 0.895. The van der Waals surface area contributed by atoms with Crippen LogP contribution in [-0.2, 0) is 28.5 Å². The number of hydrogen-bond donors (Lipinski definition) is 0. The van der Waals surface area contributed by atoms with Gasteiger partial charge in [0, 0.05) is 5.92 Å². The van der Waals surface area contributed by atoms with Crippen LogP contribution in [-0.4, -0.2) is 51.6 Å². The molecule has 0 fully saturated rings. The molecule has 0 rings (SSSR count). The van der Waals surface area contributed by atoms with Gasteiger partial charge in [-0.25, -0.2) is 0 Å². The van der Waals surface area contributed by atoms with Crippen molar-refractivity contribution in [2.24, 2.45) is 17.3 Å². The lowest BCUT2D eigenvalue weighted by Gasteiger charge is -2.20. The van der Waals surface area contributed by atoms with Gasteiger partial charge in [0.2, 0.25) is 0 Å². The van der Waals surface area contributed by atoms with E-state index in [0.717, 1.165) is 12.8 Å². The Balaban J connectivity index is 3.58. The summed E-state index contributed by atoms with van der Waals surface area (Å²) in [7, 11) is 0. The lowest BCUT2D eigenvalue weighted by molar-refractivity contribution is -0.155. The van der Waals surface area contributed by atoms with Crippen molar-refractivity contribution in [3.8, 4) is 0 Å². The molecule has 148 valence electrons. The summed E-state index contributed by atoms with van der Waals surface area (Å²) in [6, 6.07) is 0. The Morgan fingerprint density at radius 2 is 1.40 bits per heavy atom. The van der Waals surface area contributed by atoms with Crippen molar-refractivity contribution in [3.63, 3.8) is 0 Å². The van der Waals surface area contributed by atoms with Gasteiger partial charge in [-0.15, -0.1) is 0 Å². The van der Waals surface area contributed by atoms with E-state index in [-0.39, 0.29) is 37.0 Å². The standard InChI is InChI=1S/C19H36O6/c1-7-16(4)17(20)24-11-9-22-13-15(3)14-23-10-12-25-18(21)19(5,6)8-2/h15-16H,7-14H2,1-6H3. The van der Waals surface area contributed by atoms with Crippen LogP contribution in [0.2, 0.25) is 0 Å². The normalized spacial score (nSPS) is 14.0. The van der Waals surface area contributed by atoms with Gasteiger partial charge in [-0.05, 0) is 26.7 Å². The van der Waals surface area contributed by atoms with Gasteiger partial charge in [0.25, 0.3) is 0 Å². The van der Waals surface area contributed by atoms with Gasteiger partial charge < -0.3 is 18.9 Å². The highest BCUT2D eigenvalue weighted by Gasteiger charge is 2.26. The van der Waals surface area contributed by atoms with Crippen LogP contribution < -0.4 is 0 Å². The van der Waals surface area contributed by atoms with Crippen molar-refractivity contribution < 1.29 is 28.5 Å². The third kappa shape index (κ3) is 11.2. The predicted octanol–water partition coefficient (Wildman–Crippen LogP) is 3.22. The van der Waals surface area contributed by atoms with Gasteiger partial charge in [-0.2, -0.15) is 0 Å². The molecule has 6 nitrogen and oxygen atoms in total. The minimum absolute atomic E-state index is 0.0654. The van der Waals surface area contributed by atoms with Crippen molar-refractivity contribution in [1.82, 2.24) is 0 Å². The van der Waals surface area contributed by atoms with E-state index in [0.29, 0.717) is 26.4 Å². The van der Waals surface area contributed by atoms with E-state index in [2.05, 4.69) is 0 Å². The fourth-order valence-electron chi connectivity index (χ4n) is 1.66. The summed E-state index contributed by atoms with van der Waals surface area (Å²) in [6.45, 7) is 13.9. The van der Waals surface area contributed by atoms with E-state index in [1.54, 1.807) is 0 Å². The van der Waals surface area contributed by atoms with Crippen molar-refractivity contribution >= 4 is 11.9 Å². The van der Waals surface area contributed by atoms with Gasteiger partial charge in [0.05, 0.1) is 37.8 Å². The Hall–Kier alpha value is -1.14. The molecule has 6 heteroatoms. The number of ether oxygens (including phenoxy) is 4. The lowest BCUT2D eigenvalue weighted by Crippen LogP contribution is -2.27. The van der Waals surface area contributed by atoms with Gasteiger partial charge in [-0.1, -0.05) is 27.7 Å². The Morgan fingerprint density at radius 1 is 0.880 bits per heavy atom. The first-order chi connectivity index (χ1) is 11.7. The van der Waals surface area contributed by atoms with Crippen LogP contribution in [0.5, 0.6) is 0 Å². The minimum atomic E-state index is -0.445. The van der Waals surface area contributed by atoms with Gasteiger partial charge in [-0.3, -0.25) is 9.59 Å². The summed E-state index contributed by atoms with van der Waals surface area (Å²) in [5.74, 6) is -0.220. The second kappa shape index (κ2) is 13.1. The number of hydrogen-bond acceptors (Lipinski definition) is 6. The summed E-state index contributed by atoms with van der Waals surface area (Å²) in [5, 5.41) is 0. The molecule has 0 saturated carbocycles. The minimum Gasteiger partial charge on any atom is -0.463 e. The zero-order chi connectivity index (χ0) is 19.3. The van der Waals surface area contributed by atoms with E-state index >= 15 is 0 Å². The van der Waals surface area contributed by atoms with E-state index in [9.17, 15) is 9.59 Å². The van der Waals surface area contributed by atoms with Crippen LogP contribution >= 0.6 is 0 Å². The molecular formula is C19H36O6. The quantitative estimate of drug-likeness (QED) is 0.350. The maximum absolute atomic E-state index is 11.8. The summed E-state index contributed by atoms with van der Waals surface area (Å²) >= 11 is 0. The van der Waals surface area contributed by atoms with Crippen LogP contribution in [0.15, 0.2) is 0 Å². The largest absolute Gasteiger partial charge is 0.463 e. The summed E-state index contributed by atoms with van der Waals surface area (Å²) in [5.41, 5.74) is -0.445. The summed E-state index contributed by atoms with van der Waals surface area (Å²) < 4.78 is 21.3. The van der Waals surface area contributed by atoms with Crippen LogP contribution in [0.25, 0.3) is 0 Å². The SMILES string of the molecule is CCC(C)C(=O)OCCOCC(C)COCCOC(=O)C(C)(C)CC. The van der Waals surface area contributed by atoms with E-state index in [4.69, 9.17) is 18.9 Å². The van der Waals surface area contributed by atoms with Crippen LogP contribution in [0.1, 0.15) is 54.4 Å². The zero-order valence-electron chi connectivity index (χ0n) is 16.8. The topological polar surface area (TPSA) is 71.1 Å². The Labute approximate surface area is 152 Å². The maximum Gasteiger partial charge on any atom is 0.311 e. The van der Waals surface area contributed by atoms with Gasteiger partial charge >= 0.3 is 11.9 Å². The molecule has 0 aromatic rings. The first kappa shape index (κ1) is 23.9. The molecular weight excluding hydrogens is 324 g/mol. The van der Waals surface area contributed by atoms with E-state index in [1.165, 1.54) is 0 Å². The highest BCUT2D eigenvalue weighted by atomic mass is 16.6. The monoisotopic (exact) mass is 360 g/mol. The molecule has 0 bridgehead atoms. The molecule has 0 radical (unpaired) electrons. The summed E-state index contributed by atoms with van der Waals surface area (Å²) in [4.78, 5) is 23.2. The number of esters is 2. The predicted molar refractivity (Wildman–Crippen MR) is 96.2 cm³/mol. The summed E-state index contributed by atoms with van der Waals surface area (Å²) in [6.07, 6.45) is 1.52. The highest BCUT2D eigenvalue weighted by molar-refractivity contribution is 5.75. The van der Waals surface area contributed by atoms with Crippen LogP contribution in [0, 0.1) is 17.3 Å². The fourth-order valence-corrected chi connectivity index (χ4v) is 1.66. The third-order valence-corrected chi connectivity index (χ3v) is 4.19. The van der Waals surface area contributed by atoms with Crippen molar-refractivity contribution in [2.75, 3.05) is 39.6 Å². The third-order valence-electron chi connectivity index (χ3n) is 4.19. The Morgan fingerprint density at radius 3 is 1.88 bits per heavy atom. The van der Waals surface area contributed by atoms with Crippen LogP contribution in [0.4, 0.5) is 0 Å². The second-order valence-electron chi connectivity index (χ2n) is 7.11. The van der Waals surface area contributed by atoms with Crippen molar-refractivity contribution in [2.45, 2.75) is 54.4 Å². The zero-order valence-corrected chi connectivity index (χ0v) is 16.8. The van der Waals surface area contributed by atoms with E-state index in [1.807, 2.05) is 41.5 Å². The number of carbonyl (C=O) groups is 2. The molecule has 25 heavy (non-hydrogen) atoms. The second-order valence-corrected chi connectivity index (χ2v) is 7.11. The highest BCUT2D eigenvalue weighted by Crippen LogP contribution is 2.21. The molecule has 0 saturated heterocycles. The first-order valence-corrected chi connectivity index (χ1v) is 9.23. The van der Waals surface area contributed by atoms with Gasteiger partial charge in [0.1, 0.15) is 13.2 Å². The smallest absolute Gasteiger partial charge is 0.311 e. The molecule has 2 unspecified atom stereocenters. The average Bonchev–Trinajstić information content (AvgIpc) is 2.59. The number of rotatable bonds is 14. The first-order valence-electron chi connectivity index (χ1n) is 9.23. The molecule has 0 heterocycles. The Kier molecular flexibility index (Phi) is 12.5. The molecule has 0 aliphatic carbocycles. The molecule has 0 N–H and O–H groups in total. The maximum atomic E-state index is 11.8. The number of carbonyl (C=O) groups excluding carboxylic acids is 2. The molecule has 0 aromatic carbocycles. The molecule has 0 aliphatic rings. The molecule has 0 spiro atoms. The van der Waals surface area contributed by atoms with Crippen molar-refractivity contribution in [1.29, 1.82) is 0 Å². The lowest BCUT2D eigenvalue weighted by atomic mass is 9.91. The Bertz CT molecular complexity index is 380. The van der Waals surface area contributed by atoms with Gasteiger partial charge in [0.15, 0.2) is 0 Å². The molecule has 0 aliphatic heterocycles. The van der Waals surface area contributed by atoms with Crippen LogP contribution in [0.3, 0.4) is 0 Å².